The third-order valence-corrected chi connectivity index (χ3v) is 15.1. The predicted octanol–water partition coefficient (Wildman–Crippen LogP) is 13.8. The van der Waals surface area contributed by atoms with Gasteiger partial charge in [0.1, 0.15) is 0 Å². The third kappa shape index (κ3) is 8.37. The summed E-state index contributed by atoms with van der Waals surface area (Å²) in [5.41, 5.74) is 12.4. The molecule has 3 nitrogen and oxygen atoms in total. The van der Waals surface area contributed by atoms with Gasteiger partial charge in [0, 0.05) is 0 Å². The van der Waals surface area contributed by atoms with Gasteiger partial charge in [0.25, 0.3) is 0 Å². The van der Waals surface area contributed by atoms with Gasteiger partial charge in [0.05, 0.1) is 0 Å². The molecule has 0 saturated carbocycles. The molecule has 0 unspecified atom stereocenters. The summed E-state index contributed by atoms with van der Waals surface area (Å²) in [6.07, 6.45) is 10.6. The summed E-state index contributed by atoms with van der Waals surface area (Å²) in [5, 5.41) is 0. The maximum absolute atomic E-state index is 8.03. The van der Waals surface area contributed by atoms with E-state index in [1.165, 1.54) is 79.2 Å². The van der Waals surface area contributed by atoms with Crippen LogP contribution in [-0.4, -0.2) is 22.1 Å². The first-order chi connectivity index (χ1) is 29.1. The van der Waals surface area contributed by atoms with E-state index in [1.807, 2.05) is 0 Å². The Morgan fingerprint density at radius 3 is 1.54 bits per heavy atom. The Balaban J connectivity index is 1.41. The number of aryl methyl sites for hydroxylation is 1. The van der Waals surface area contributed by atoms with Crippen molar-refractivity contribution in [3.63, 3.8) is 0 Å². The molecule has 59 heavy (non-hydrogen) atoms. The molecule has 0 bridgehead atoms. The molecule has 0 radical (unpaired) electrons. The van der Waals surface area contributed by atoms with Gasteiger partial charge in [-0.25, -0.2) is 0 Å². The average Bonchev–Trinajstić information content (AvgIpc) is 3.68. The van der Waals surface area contributed by atoms with E-state index in [0.717, 1.165) is 23.5 Å². The van der Waals surface area contributed by atoms with Crippen LogP contribution in [-0.2, 0) is 15.3 Å². The summed E-state index contributed by atoms with van der Waals surface area (Å²) in [6.45, 7) is 4.36. The number of rotatable bonds is 11. The molecule has 9 rings (SSSR count). The molecule has 6 aromatic carbocycles. The van der Waals surface area contributed by atoms with E-state index in [0.29, 0.717) is 0 Å². The topological polar surface area (TPSA) is 12.6 Å². The van der Waals surface area contributed by atoms with Crippen molar-refractivity contribution in [3.8, 4) is 5.69 Å². The Morgan fingerprint density at radius 2 is 1.05 bits per heavy atom. The molecule has 2 aromatic heterocycles. The minimum atomic E-state index is -1.92. The SMILES string of the molecule is Cc1cc(C(c2ccccc2)c2ccccc2)c(-n2cc3cccc(N4CCCCC4)n3[c]2=[Pd]([Cl])[CH2]C=Cc2ccccc2)c(C(c2ccccc2)c2ccccc2)c1. The number of benzene rings is 6. The van der Waals surface area contributed by atoms with Crippen LogP contribution in [0.4, 0.5) is 5.82 Å². The van der Waals surface area contributed by atoms with E-state index in [-0.39, 0.29) is 11.8 Å². The summed E-state index contributed by atoms with van der Waals surface area (Å²) in [5.74, 6) is 1.17. The number of hydrogen-bond acceptors (Lipinski definition) is 1. The van der Waals surface area contributed by atoms with E-state index >= 15 is 0 Å². The first kappa shape index (κ1) is 39.0. The first-order valence-corrected chi connectivity index (χ1v) is 24.6. The van der Waals surface area contributed by atoms with Gasteiger partial charge in [-0.3, -0.25) is 0 Å². The van der Waals surface area contributed by atoms with E-state index in [9.17, 15) is 0 Å². The molecular formula is C54H50ClN3Pd. The second kappa shape index (κ2) is 18.2. The van der Waals surface area contributed by atoms with Gasteiger partial charge >= 0.3 is 360 Å². The Kier molecular flexibility index (Phi) is 12.0. The molecule has 1 aliphatic rings. The molecule has 0 aliphatic carbocycles. The van der Waals surface area contributed by atoms with Crippen LogP contribution >= 0.6 is 9.53 Å². The summed E-state index contributed by atoms with van der Waals surface area (Å²) >= 11 is -1.92. The van der Waals surface area contributed by atoms with E-state index in [2.05, 4.69) is 221 Å². The number of halogens is 1. The van der Waals surface area contributed by atoms with Crippen LogP contribution in [0.1, 0.15) is 75.6 Å². The fourth-order valence-corrected chi connectivity index (χ4v) is 12.1. The van der Waals surface area contributed by atoms with Gasteiger partial charge < -0.3 is 0 Å². The monoisotopic (exact) mass is 881 g/mol. The number of pyridine rings is 1. The Hall–Kier alpha value is -5.50. The first-order valence-electron chi connectivity index (χ1n) is 20.7. The van der Waals surface area contributed by atoms with Crippen LogP contribution in [0.3, 0.4) is 0 Å². The second-order valence-electron chi connectivity index (χ2n) is 15.4. The second-order valence-corrected chi connectivity index (χ2v) is 19.7. The molecule has 1 fully saturated rings. The third-order valence-electron chi connectivity index (χ3n) is 11.5. The van der Waals surface area contributed by atoms with Crippen molar-refractivity contribution in [1.29, 1.82) is 0 Å². The molecule has 8 aromatic rings. The van der Waals surface area contributed by atoms with Crippen LogP contribution in [0, 0.1) is 10.8 Å². The zero-order valence-corrected chi connectivity index (χ0v) is 35.8. The number of fused-ring (bicyclic) bond motifs is 1. The van der Waals surface area contributed by atoms with Crippen LogP contribution < -0.4 is 4.90 Å². The number of allylic oxidation sites excluding steroid dienone is 1. The van der Waals surface area contributed by atoms with Gasteiger partial charge in [0.15, 0.2) is 0 Å². The Morgan fingerprint density at radius 1 is 0.576 bits per heavy atom. The predicted molar refractivity (Wildman–Crippen MR) is 245 cm³/mol. The summed E-state index contributed by atoms with van der Waals surface area (Å²) in [6, 6.07) is 66.5. The van der Waals surface area contributed by atoms with Crippen molar-refractivity contribution in [2.45, 2.75) is 42.9 Å². The zero-order valence-electron chi connectivity index (χ0n) is 33.5. The molecule has 0 N–H and O–H groups in total. The maximum atomic E-state index is 8.03. The molecular weight excluding hydrogens is 832 g/mol. The van der Waals surface area contributed by atoms with E-state index in [4.69, 9.17) is 9.53 Å². The molecule has 1 aliphatic heterocycles. The van der Waals surface area contributed by atoms with Gasteiger partial charge in [-0.15, -0.1) is 0 Å². The summed E-state index contributed by atoms with van der Waals surface area (Å²) < 4.78 is 6.23. The van der Waals surface area contributed by atoms with Crippen LogP contribution in [0.15, 0.2) is 194 Å². The Bertz CT molecular complexity index is 2550. The standard InChI is InChI=1S/C45H41N3.C9H9.ClH.Pd/c1-34-30-40(43(35-18-7-2-8-19-35)36-20-9-3-10-21-36)45(41(31-34)44(37-22-11-4-12-23-37)38-24-13-5-14-25-38)47-32-39-26-17-27-42(48(39)33-47)46-28-15-6-16-29-46;1-2-6-9-7-4-3-5-8-9;;/h2-5,7-14,17-27,30-32,43-44H,6,15-16,28-29H2,1H3;2-8H,1H2;1H;/q;;;+1/p-1. The number of nitrogens with zero attached hydrogens (tertiary/aromatic N) is 3. The van der Waals surface area contributed by atoms with Crippen LogP contribution in [0.5, 0.6) is 0 Å². The van der Waals surface area contributed by atoms with Crippen molar-refractivity contribution < 1.29 is 15.3 Å². The molecule has 0 spiro atoms. The quantitative estimate of drug-likeness (QED) is 0.0931. The van der Waals surface area contributed by atoms with Crippen molar-refractivity contribution in [3.05, 3.63) is 243 Å². The molecule has 0 atom stereocenters. The summed E-state index contributed by atoms with van der Waals surface area (Å²) in [4.78, 5) is 3.36. The van der Waals surface area contributed by atoms with Gasteiger partial charge in [-0.2, -0.15) is 0 Å². The number of piperidine rings is 1. The van der Waals surface area contributed by atoms with E-state index < -0.39 is 15.3 Å². The number of hydrogen-bond donors (Lipinski definition) is 0. The molecule has 0 amide bonds. The van der Waals surface area contributed by atoms with Crippen LogP contribution in [0.2, 0.25) is 4.89 Å². The minimum absolute atomic E-state index is 0.0334. The number of aromatic nitrogens is 2. The Labute approximate surface area is 358 Å². The molecule has 3 heterocycles. The molecule has 1 saturated heterocycles. The van der Waals surface area contributed by atoms with Crippen molar-refractivity contribution in [2.24, 2.45) is 0 Å². The fraction of sp³-hybridized carbons (Fsp3) is 0.167. The van der Waals surface area contributed by atoms with Gasteiger partial charge in [-0.1, -0.05) is 0 Å². The van der Waals surface area contributed by atoms with Crippen molar-refractivity contribution in [2.75, 3.05) is 18.0 Å². The van der Waals surface area contributed by atoms with Crippen molar-refractivity contribution >= 4 is 26.9 Å². The van der Waals surface area contributed by atoms with E-state index in [1.54, 1.807) is 0 Å². The van der Waals surface area contributed by atoms with Crippen LogP contribution in [0.25, 0.3) is 17.3 Å². The number of imidazole rings is 1. The molecule has 5 heteroatoms. The van der Waals surface area contributed by atoms with Gasteiger partial charge in [0.2, 0.25) is 0 Å². The average molecular weight is 883 g/mol. The fourth-order valence-electron chi connectivity index (χ4n) is 8.87. The van der Waals surface area contributed by atoms with Crippen molar-refractivity contribution in [1.82, 2.24) is 8.97 Å². The zero-order chi connectivity index (χ0) is 40.0. The molecule has 298 valence electrons. The van der Waals surface area contributed by atoms with Gasteiger partial charge in [-0.05, 0) is 0 Å². The summed E-state index contributed by atoms with van der Waals surface area (Å²) in [7, 11) is 8.03. The number of anilines is 1. The normalized spacial score (nSPS) is 14.4.